The lowest BCUT2D eigenvalue weighted by Gasteiger charge is -2.13. The molecule has 0 unspecified atom stereocenters. The normalized spacial score (nSPS) is 12.4. The van der Waals surface area contributed by atoms with E-state index < -0.39 is 0 Å². The predicted molar refractivity (Wildman–Crippen MR) is 209 cm³/mol. The van der Waals surface area contributed by atoms with Gasteiger partial charge < -0.3 is 4.40 Å². The van der Waals surface area contributed by atoms with Crippen LogP contribution >= 0.6 is 0 Å². The lowest BCUT2D eigenvalue weighted by atomic mass is 10.0. The first-order valence-corrected chi connectivity index (χ1v) is 17.1. The highest BCUT2D eigenvalue weighted by Crippen LogP contribution is 2.48. The minimum Gasteiger partial charge on any atom is -0.307 e. The minimum atomic E-state index is 0.723. The number of aromatic nitrogens is 4. The molecule has 0 radical (unpaired) electrons. The van der Waals surface area contributed by atoms with Gasteiger partial charge in [-0.15, -0.1) is 0 Å². The van der Waals surface area contributed by atoms with Gasteiger partial charge >= 0.3 is 0 Å². The van der Waals surface area contributed by atoms with E-state index in [9.17, 15) is 0 Å². The number of rotatable bonds is 2. The van der Waals surface area contributed by atoms with Crippen LogP contribution in [0.1, 0.15) is 0 Å². The van der Waals surface area contributed by atoms with Crippen LogP contribution in [0.25, 0.3) is 110 Å². The number of hydrogen-bond acceptors (Lipinski definition) is 2. The van der Waals surface area contributed by atoms with Crippen LogP contribution in [0.3, 0.4) is 0 Å². The molecule has 0 fully saturated rings. The van der Waals surface area contributed by atoms with Gasteiger partial charge in [-0.25, -0.2) is 9.97 Å². The van der Waals surface area contributed by atoms with Gasteiger partial charge in [0, 0.05) is 48.7 Å². The van der Waals surface area contributed by atoms with Crippen LogP contribution in [0.4, 0.5) is 0 Å². The lowest BCUT2D eigenvalue weighted by molar-refractivity contribution is 1.08. The van der Waals surface area contributed by atoms with Crippen LogP contribution in [-0.4, -0.2) is 18.9 Å². The Kier molecular flexibility index (Phi) is 4.94. The fourth-order valence-corrected chi connectivity index (χ4v) is 8.76. The van der Waals surface area contributed by atoms with Crippen LogP contribution in [0.5, 0.6) is 0 Å². The van der Waals surface area contributed by atoms with Gasteiger partial charge in [-0.2, -0.15) is 0 Å². The minimum absolute atomic E-state index is 0.723. The highest BCUT2D eigenvalue weighted by Gasteiger charge is 2.26. The fourth-order valence-electron chi connectivity index (χ4n) is 8.76. The molecule has 4 nitrogen and oxygen atoms in total. The molecule has 4 heteroatoms. The highest BCUT2D eigenvalue weighted by molar-refractivity contribution is 6.37. The van der Waals surface area contributed by atoms with Gasteiger partial charge in [0.25, 0.3) is 0 Å². The first-order valence-electron chi connectivity index (χ1n) is 17.1. The quantitative estimate of drug-likeness (QED) is 0.190. The average molecular weight is 635 g/mol. The molecule has 0 amide bonds. The second-order valence-corrected chi connectivity index (χ2v) is 13.3. The second kappa shape index (κ2) is 9.43. The number of nitrogens with zero attached hydrogens (tertiary/aromatic N) is 4. The first kappa shape index (κ1) is 26.2. The summed E-state index contributed by atoms with van der Waals surface area (Å²) >= 11 is 0. The molecule has 12 rings (SSSR count). The molecular weight excluding hydrogens is 609 g/mol. The van der Waals surface area contributed by atoms with E-state index in [-0.39, 0.29) is 0 Å². The van der Waals surface area contributed by atoms with Crippen molar-refractivity contribution < 1.29 is 0 Å². The van der Waals surface area contributed by atoms with Crippen molar-refractivity contribution in [2.45, 2.75) is 0 Å². The Morgan fingerprint density at radius 1 is 0.380 bits per heavy atom. The summed E-state index contributed by atoms with van der Waals surface area (Å²) in [6.45, 7) is 0. The second-order valence-electron chi connectivity index (χ2n) is 13.3. The highest BCUT2D eigenvalue weighted by atomic mass is 15.1. The molecule has 8 aromatic carbocycles. The van der Waals surface area contributed by atoms with Crippen molar-refractivity contribution in [2.24, 2.45) is 0 Å². The SMILES string of the molecule is c1ccc2c(-c3nc(-n4c5ccccc5c5c6c7ccccc7n7c8c9ccccc9ccc8c(cc54)c67)c4ccccc4n3)cccc2c1. The summed E-state index contributed by atoms with van der Waals surface area (Å²) < 4.78 is 4.91. The predicted octanol–water partition coefficient (Wildman–Crippen LogP) is 11.9. The smallest absolute Gasteiger partial charge is 0.162 e. The van der Waals surface area contributed by atoms with Crippen molar-refractivity contribution in [2.75, 3.05) is 0 Å². The summed E-state index contributed by atoms with van der Waals surface area (Å²) in [5, 5.41) is 13.4. The van der Waals surface area contributed by atoms with E-state index in [1.54, 1.807) is 0 Å². The van der Waals surface area contributed by atoms with Crippen molar-refractivity contribution in [3.05, 3.63) is 158 Å². The number of hydrogen-bond donors (Lipinski definition) is 0. The van der Waals surface area contributed by atoms with Crippen molar-refractivity contribution >= 4 is 92.3 Å². The maximum atomic E-state index is 5.49. The van der Waals surface area contributed by atoms with Gasteiger partial charge in [0.1, 0.15) is 5.82 Å². The number of para-hydroxylation sites is 3. The molecule has 0 saturated carbocycles. The van der Waals surface area contributed by atoms with E-state index in [1.807, 2.05) is 0 Å². The van der Waals surface area contributed by atoms with Crippen molar-refractivity contribution in [1.82, 2.24) is 18.9 Å². The summed E-state index contributed by atoms with van der Waals surface area (Å²) in [5.74, 6) is 1.61. The maximum Gasteiger partial charge on any atom is 0.162 e. The summed E-state index contributed by atoms with van der Waals surface area (Å²) in [6.07, 6.45) is 0. The van der Waals surface area contributed by atoms with Gasteiger partial charge in [-0.1, -0.05) is 127 Å². The van der Waals surface area contributed by atoms with Gasteiger partial charge in [-0.3, -0.25) is 4.57 Å². The molecule has 230 valence electrons. The van der Waals surface area contributed by atoms with E-state index in [1.165, 1.54) is 65.0 Å². The van der Waals surface area contributed by atoms with Crippen LogP contribution in [-0.2, 0) is 0 Å². The molecule has 0 aliphatic rings. The Hall–Kier alpha value is -6.78. The third-order valence-corrected chi connectivity index (χ3v) is 10.8. The Balaban J connectivity index is 1.31. The van der Waals surface area contributed by atoms with Crippen molar-refractivity contribution in [3.63, 3.8) is 0 Å². The van der Waals surface area contributed by atoms with Crippen LogP contribution in [0.15, 0.2) is 158 Å². The Labute approximate surface area is 285 Å². The third-order valence-electron chi connectivity index (χ3n) is 10.8. The van der Waals surface area contributed by atoms with Gasteiger partial charge in [0.05, 0.1) is 33.1 Å². The summed E-state index contributed by atoms with van der Waals surface area (Å²) in [7, 11) is 0. The number of benzene rings is 8. The first-order chi connectivity index (χ1) is 24.8. The zero-order valence-electron chi connectivity index (χ0n) is 26.8. The topological polar surface area (TPSA) is 35.1 Å². The molecule has 0 aliphatic carbocycles. The molecule has 0 N–H and O–H groups in total. The Bertz CT molecular complexity index is 3380. The molecule has 4 aromatic heterocycles. The standard InChI is InChI=1S/C46H26N4/c1-3-15-29-27(12-1)14-11-20-32(29)45-47-37-21-8-5-17-33(37)46(48-45)49-38-22-9-6-18-34(38)41-40(49)26-36-31-25-24-28-13-2-4-16-30(28)43(31)50-39-23-10-7-19-35(39)42(41)44(36)50/h1-26H. The number of fused-ring (bicyclic) bond motifs is 14. The van der Waals surface area contributed by atoms with E-state index in [2.05, 4.69) is 167 Å². The molecule has 50 heavy (non-hydrogen) atoms. The van der Waals surface area contributed by atoms with E-state index in [4.69, 9.17) is 9.97 Å². The van der Waals surface area contributed by atoms with Crippen molar-refractivity contribution in [1.29, 1.82) is 0 Å². The Morgan fingerprint density at radius 3 is 1.86 bits per heavy atom. The third kappa shape index (κ3) is 3.25. The van der Waals surface area contributed by atoms with E-state index in [0.717, 1.165) is 44.5 Å². The zero-order chi connectivity index (χ0) is 32.5. The van der Waals surface area contributed by atoms with Gasteiger partial charge in [-0.05, 0) is 46.5 Å². The largest absolute Gasteiger partial charge is 0.307 e. The fraction of sp³-hybridized carbons (Fsp3) is 0. The maximum absolute atomic E-state index is 5.49. The van der Waals surface area contributed by atoms with Gasteiger partial charge in [0.2, 0.25) is 0 Å². The molecular formula is C46H26N4. The summed E-state index contributed by atoms with van der Waals surface area (Å²) in [5.41, 5.74) is 7.99. The summed E-state index contributed by atoms with van der Waals surface area (Å²) in [4.78, 5) is 10.7. The van der Waals surface area contributed by atoms with Gasteiger partial charge in [0.15, 0.2) is 5.82 Å². The van der Waals surface area contributed by atoms with E-state index in [0.29, 0.717) is 0 Å². The van der Waals surface area contributed by atoms with Crippen LogP contribution in [0, 0.1) is 0 Å². The molecule has 0 atom stereocenters. The summed E-state index contributed by atoms with van der Waals surface area (Å²) in [6, 6.07) is 56.8. The zero-order valence-corrected chi connectivity index (χ0v) is 26.8. The van der Waals surface area contributed by atoms with Crippen molar-refractivity contribution in [3.8, 4) is 17.2 Å². The average Bonchev–Trinajstić information content (AvgIpc) is 3.81. The molecule has 12 aromatic rings. The van der Waals surface area contributed by atoms with Crippen LogP contribution < -0.4 is 0 Å². The molecule has 0 aliphatic heterocycles. The molecule has 0 saturated heterocycles. The molecule has 0 bridgehead atoms. The monoisotopic (exact) mass is 634 g/mol. The van der Waals surface area contributed by atoms with E-state index >= 15 is 0 Å². The Morgan fingerprint density at radius 2 is 1.02 bits per heavy atom. The molecule has 0 spiro atoms. The molecule has 4 heterocycles. The van der Waals surface area contributed by atoms with Crippen LogP contribution in [0.2, 0.25) is 0 Å². The lowest BCUT2D eigenvalue weighted by Crippen LogP contribution is -2.03.